The van der Waals surface area contributed by atoms with E-state index >= 15 is 0 Å². The third-order valence-electron chi connectivity index (χ3n) is 5.82. The van der Waals surface area contributed by atoms with Crippen molar-refractivity contribution in [3.63, 3.8) is 0 Å². The van der Waals surface area contributed by atoms with Gasteiger partial charge in [0.05, 0.1) is 16.5 Å². The second-order valence-electron chi connectivity index (χ2n) is 7.70. The normalized spacial score (nSPS) is 15.5. The Hall–Kier alpha value is -2.87. The van der Waals surface area contributed by atoms with Gasteiger partial charge < -0.3 is 4.90 Å². The molecule has 1 saturated heterocycles. The van der Waals surface area contributed by atoms with Crippen molar-refractivity contribution in [2.24, 2.45) is 0 Å². The van der Waals surface area contributed by atoms with Gasteiger partial charge in [-0.05, 0) is 24.3 Å². The molecule has 2 aromatic carbocycles. The highest BCUT2D eigenvalue weighted by Gasteiger charge is 2.35. The van der Waals surface area contributed by atoms with Crippen molar-refractivity contribution < 1.29 is 13.2 Å². The quantitative estimate of drug-likeness (QED) is 0.618. The van der Waals surface area contributed by atoms with Gasteiger partial charge in [0, 0.05) is 51.4 Å². The Kier molecular flexibility index (Phi) is 6.00. The lowest BCUT2D eigenvalue weighted by molar-refractivity contribution is -0.137. The Morgan fingerprint density at radius 2 is 1.61 bits per heavy atom. The summed E-state index contributed by atoms with van der Waals surface area (Å²) in [4.78, 5) is 21.6. The maximum absolute atomic E-state index is 13.3. The Bertz CT molecular complexity index is 1120. The summed E-state index contributed by atoms with van der Waals surface area (Å²) in [5.74, 6) is 0.751. The molecule has 0 unspecified atom stereocenters. The van der Waals surface area contributed by atoms with Gasteiger partial charge in [0.25, 0.3) is 5.56 Å². The number of benzene rings is 2. The van der Waals surface area contributed by atoms with E-state index in [1.54, 1.807) is 21.6 Å². The zero-order valence-corrected chi connectivity index (χ0v) is 17.4. The van der Waals surface area contributed by atoms with Gasteiger partial charge in [0.1, 0.15) is 5.82 Å². The van der Waals surface area contributed by atoms with Crippen molar-refractivity contribution in [3.8, 4) is 0 Å². The minimum atomic E-state index is -4.37. The van der Waals surface area contributed by atoms with Crippen LogP contribution in [0.4, 0.5) is 18.9 Å². The van der Waals surface area contributed by atoms with E-state index in [2.05, 4.69) is 9.88 Å². The molecule has 1 fully saturated rings. The third-order valence-corrected chi connectivity index (χ3v) is 5.82. The first-order valence-corrected chi connectivity index (χ1v) is 10.5. The van der Waals surface area contributed by atoms with Crippen LogP contribution in [-0.2, 0) is 19.1 Å². The van der Waals surface area contributed by atoms with Crippen LogP contribution in [0.3, 0.4) is 0 Å². The fraction of sp³-hybridized carbons (Fsp3) is 0.391. The molecule has 0 spiro atoms. The molecule has 4 rings (SSSR count). The van der Waals surface area contributed by atoms with Gasteiger partial charge in [-0.3, -0.25) is 14.3 Å². The predicted octanol–water partition coefficient (Wildman–Crippen LogP) is 3.80. The van der Waals surface area contributed by atoms with Gasteiger partial charge in [-0.2, -0.15) is 13.2 Å². The number of aromatic nitrogens is 2. The van der Waals surface area contributed by atoms with Crippen molar-refractivity contribution in [1.29, 1.82) is 0 Å². The Morgan fingerprint density at radius 1 is 0.935 bits per heavy atom. The lowest BCUT2D eigenvalue weighted by Gasteiger charge is -2.37. The lowest BCUT2D eigenvalue weighted by atomic mass is 10.1. The number of halogens is 3. The summed E-state index contributed by atoms with van der Waals surface area (Å²) in [6.07, 6.45) is -3.71. The molecule has 5 nitrogen and oxygen atoms in total. The summed E-state index contributed by atoms with van der Waals surface area (Å²) in [6.45, 7) is 5.45. The molecule has 1 aliphatic rings. The van der Waals surface area contributed by atoms with Crippen molar-refractivity contribution >= 4 is 16.6 Å². The molecule has 0 bridgehead atoms. The minimum absolute atomic E-state index is 0.0415. The molecule has 0 amide bonds. The van der Waals surface area contributed by atoms with E-state index in [0.717, 1.165) is 11.9 Å². The summed E-state index contributed by atoms with van der Waals surface area (Å²) < 4.78 is 41.7. The summed E-state index contributed by atoms with van der Waals surface area (Å²) in [6, 6.07) is 13.1. The first-order valence-electron chi connectivity index (χ1n) is 10.5. The van der Waals surface area contributed by atoms with Crippen molar-refractivity contribution in [3.05, 3.63) is 70.3 Å². The van der Waals surface area contributed by atoms with Crippen LogP contribution < -0.4 is 10.5 Å². The van der Waals surface area contributed by atoms with Crippen LogP contribution in [0, 0.1) is 0 Å². The molecule has 164 valence electrons. The second kappa shape index (κ2) is 8.70. The molecule has 0 radical (unpaired) electrons. The standard InChI is InChI=1S/C23H25F3N4O/c1-2-21-27-19-9-5-3-7-17(19)22(31)30(21)16-13-28-11-14-29(15-12-28)20-10-6-4-8-18(20)23(24,25)26/h3-10H,2,11-16H2,1H3. The average molecular weight is 430 g/mol. The highest BCUT2D eigenvalue weighted by molar-refractivity contribution is 5.77. The van der Waals surface area contributed by atoms with Crippen LogP contribution >= 0.6 is 0 Å². The van der Waals surface area contributed by atoms with E-state index in [4.69, 9.17) is 0 Å². The van der Waals surface area contributed by atoms with E-state index in [1.807, 2.05) is 25.1 Å². The first-order chi connectivity index (χ1) is 14.9. The third kappa shape index (κ3) is 4.44. The molecule has 1 aromatic heterocycles. The fourth-order valence-corrected chi connectivity index (χ4v) is 4.16. The van der Waals surface area contributed by atoms with Gasteiger partial charge in [0.2, 0.25) is 0 Å². The number of alkyl halides is 3. The number of anilines is 1. The number of hydrogen-bond donors (Lipinski definition) is 0. The molecule has 3 aromatic rings. The summed E-state index contributed by atoms with van der Waals surface area (Å²) in [7, 11) is 0. The Labute approximate surface area is 178 Å². The van der Waals surface area contributed by atoms with Crippen molar-refractivity contribution in [2.45, 2.75) is 26.1 Å². The van der Waals surface area contributed by atoms with Gasteiger partial charge in [0.15, 0.2) is 0 Å². The number of rotatable bonds is 5. The van der Waals surface area contributed by atoms with E-state index in [0.29, 0.717) is 56.6 Å². The smallest absolute Gasteiger partial charge is 0.368 e. The van der Waals surface area contributed by atoms with E-state index in [-0.39, 0.29) is 11.2 Å². The molecule has 0 saturated carbocycles. The molecular weight excluding hydrogens is 405 g/mol. The van der Waals surface area contributed by atoms with Crippen LogP contribution in [0.15, 0.2) is 53.3 Å². The van der Waals surface area contributed by atoms with Crippen molar-refractivity contribution in [1.82, 2.24) is 14.5 Å². The second-order valence-corrected chi connectivity index (χ2v) is 7.70. The molecule has 0 N–H and O–H groups in total. The topological polar surface area (TPSA) is 41.4 Å². The SMILES string of the molecule is CCc1nc2ccccc2c(=O)n1CCN1CCN(c2ccccc2C(F)(F)F)CC1. The fourth-order valence-electron chi connectivity index (χ4n) is 4.16. The zero-order chi connectivity index (χ0) is 22.0. The number of para-hydroxylation sites is 2. The highest BCUT2D eigenvalue weighted by Crippen LogP contribution is 2.36. The summed E-state index contributed by atoms with van der Waals surface area (Å²) in [5, 5.41) is 0.605. The molecule has 2 heterocycles. The van der Waals surface area contributed by atoms with Gasteiger partial charge in [-0.25, -0.2) is 4.98 Å². The van der Waals surface area contributed by atoms with Gasteiger partial charge >= 0.3 is 6.18 Å². The van der Waals surface area contributed by atoms with Crippen molar-refractivity contribution in [2.75, 3.05) is 37.6 Å². The molecule has 0 atom stereocenters. The van der Waals surface area contributed by atoms with E-state index in [9.17, 15) is 18.0 Å². The molecular formula is C23H25F3N4O. The largest absolute Gasteiger partial charge is 0.418 e. The summed E-state index contributed by atoms with van der Waals surface area (Å²) >= 11 is 0. The number of fused-ring (bicyclic) bond motifs is 1. The minimum Gasteiger partial charge on any atom is -0.368 e. The Morgan fingerprint density at radius 3 is 2.32 bits per heavy atom. The first kappa shape index (κ1) is 21.4. The molecule has 8 heteroatoms. The van der Waals surface area contributed by atoms with Crippen LogP contribution in [0.25, 0.3) is 10.9 Å². The van der Waals surface area contributed by atoms with Gasteiger partial charge in [-0.1, -0.05) is 31.2 Å². The lowest BCUT2D eigenvalue weighted by Crippen LogP contribution is -2.48. The zero-order valence-electron chi connectivity index (χ0n) is 17.4. The van der Waals surface area contributed by atoms with Crippen LogP contribution in [-0.4, -0.2) is 47.2 Å². The number of nitrogens with zero attached hydrogens (tertiary/aromatic N) is 4. The molecule has 1 aliphatic heterocycles. The average Bonchev–Trinajstić information content (AvgIpc) is 2.78. The van der Waals surface area contributed by atoms with Crippen LogP contribution in [0.2, 0.25) is 0 Å². The molecule has 31 heavy (non-hydrogen) atoms. The summed E-state index contributed by atoms with van der Waals surface area (Å²) in [5.41, 5.74) is 0.306. The van der Waals surface area contributed by atoms with E-state index in [1.165, 1.54) is 12.1 Å². The van der Waals surface area contributed by atoms with E-state index < -0.39 is 11.7 Å². The highest BCUT2D eigenvalue weighted by atomic mass is 19.4. The number of hydrogen-bond acceptors (Lipinski definition) is 4. The maximum atomic E-state index is 13.3. The Balaban J connectivity index is 1.44. The number of piperazine rings is 1. The van der Waals surface area contributed by atoms with Crippen LogP contribution in [0.5, 0.6) is 0 Å². The number of aryl methyl sites for hydroxylation is 1. The molecule has 0 aliphatic carbocycles. The predicted molar refractivity (Wildman–Crippen MR) is 115 cm³/mol. The van der Waals surface area contributed by atoms with Gasteiger partial charge in [-0.15, -0.1) is 0 Å². The van der Waals surface area contributed by atoms with Crippen LogP contribution in [0.1, 0.15) is 18.3 Å². The maximum Gasteiger partial charge on any atom is 0.418 e. The monoisotopic (exact) mass is 430 g/mol.